The van der Waals surface area contributed by atoms with Gasteiger partial charge in [-0.25, -0.2) is 14.4 Å². The number of hydrogen-bond donors (Lipinski definition) is 1. The molecule has 0 unspecified atom stereocenters. The summed E-state index contributed by atoms with van der Waals surface area (Å²) in [6.07, 6.45) is 1.48. The van der Waals surface area contributed by atoms with Gasteiger partial charge in [-0.3, -0.25) is 4.79 Å². The fraction of sp³-hybridized carbons (Fsp3) is 0.158. The molecule has 0 aliphatic carbocycles. The van der Waals surface area contributed by atoms with E-state index in [9.17, 15) is 9.18 Å². The number of hydrogen-bond acceptors (Lipinski definition) is 7. The molecule has 0 aliphatic heterocycles. The zero-order valence-corrected chi connectivity index (χ0v) is 16.6. The first kappa shape index (κ1) is 18.6. The number of amides is 1. The third-order valence-electron chi connectivity index (χ3n) is 3.94. The van der Waals surface area contributed by atoms with Crippen molar-refractivity contribution in [3.05, 3.63) is 54.3 Å². The lowest BCUT2D eigenvalue weighted by atomic mass is 10.2. The lowest BCUT2D eigenvalue weighted by Crippen LogP contribution is -2.22. The largest absolute Gasteiger partial charge is 0.360 e. The first-order chi connectivity index (χ1) is 13.5. The molecule has 9 heteroatoms. The summed E-state index contributed by atoms with van der Waals surface area (Å²) < 4.78 is 19.0. The second-order valence-corrected chi connectivity index (χ2v) is 8.46. The van der Waals surface area contributed by atoms with Gasteiger partial charge in [0, 0.05) is 10.9 Å². The first-order valence-electron chi connectivity index (χ1n) is 8.41. The highest BCUT2D eigenvalue weighted by molar-refractivity contribution is 8.00. The van der Waals surface area contributed by atoms with Gasteiger partial charge in [-0.2, -0.15) is 0 Å². The Balaban J connectivity index is 1.56. The van der Waals surface area contributed by atoms with Gasteiger partial charge in [0.15, 0.2) is 5.82 Å². The molecule has 1 amide bonds. The summed E-state index contributed by atoms with van der Waals surface area (Å²) in [6, 6.07) is 9.93. The van der Waals surface area contributed by atoms with E-state index < -0.39 is 5.25 Å². The van der Waals surface area contributed by atoms with Gasteiger partial charge in [0.25, 0.3) is 0 Å². The second kappa shape index (κ2) is 7.69. The van der Waals surface area contributed by atoms with Crippen LogP contribution in [0.4, 0.5) is 10.2 Å². The molecule has 28 heavy (non-hydrogen) atoms. The molecule has 0 bridgehead atoms. The summed E-state index contributed by atoms with van der Waals surface area (Å²) in [5.74, 6) is 0.543. The summed E-state index contributed by atoms with van der Waals surface area (Å²) in [7, 11) is 0. The molecule has 3 heterocycles. The quantitative estimate of drug-likeness (QED) is 0.369. The average Bonchev–Trinajstić information content (AvgIpc) is 3.29. The van der Waals surface area contributed by atoms with Crippen molar-refractivity contribution in [1.29, 1.82) is 0 Å². The van der Waals surface area contributed by atoms with Crippen LogP contribution in [-0.2, 0) is 4.79 Å². The molecule has 0 spiro atoms. The summed E-state index contributed by atoms with van der Waals surface area (Å²) >= 11 is 2.86. The van der Waals surface area contributed by atoms with E-state index in [2.05, 4.69) is 20.4 Å². The van der Waals surface area contributed by atoms with Crippen LogP contribution in [0, 0.1) is 12.7 Å². The molecule has 1 aromatic carbocycles. The maximum atomic E-state index is 13.2. The number of benzene rings is 1. The number of aromatic nitrogens is 3. The number of thioether (sulfide) groups is 1. The van der Waals surface area contributed by atoms with Gasteiger partial charge in [0.05, 0.1) is 15.5 Å². The number of carbonyl (C=O) groups excluding carboxylic acids is 1. The summed E-state index contributed by atoms with van der Waals surface area (Å²) in [6.45, 7) is 3.56. The monoisotopic (exact) mass is 414 g/mol. The number of nitrogens with one attached hydrogen (secondary N) is 1. The van der Waals surface area contributed by atoms with Crippen LogP contribution in [0.5, 0.6) is 0 Å². The molecule has 4 aromatic rings. The molecule has 1 N–H and O–H groups in total. The molecule has 4 rings (SSSR count). The van der Waals surface area contributed by atoms with Crippen LogP contribution in [0.15, 0.2) is 52.3 Å². The first-order valence-corrected chi connectivity index (χ1v) is 10.1. The van der Waals surface area contributed by atoms with E-state index in [-0.39, 0.29) is 11.7 Å². The Hall–Kier alpha value is -2.78. The molecule has 0 saturated heterocycles. The van der Waals surface area contributed by atoms with E-state index in [1.807, 2.05) is 6.07 Å². The van der Waals surface area contributed by atoms with E-state index in [0.29, 0.717) is 11.6 Å². The average molecular weight is 414 g/mol. The zero-order valence-electron chi connectivity index (χ0n) is 15.0. The minimum absolute atomic E-state index is 0.194. The predicted molar refractivity (Wildman–Crippen MR) is 108 cm³/mol. The number of anilines is 1. The number of thiophene rings is 1. The Morgan fingerprint density at radius 1 is 1.25 bits per heavy atom. The Bertz CT molecular complexity index is 1140. The molecule has 0 aliphatic rings. The number of halogens is 1. The molecular formula is C19H15FN4O2S2. The van der Waals surface area contributed by atoms with Crippen LogP contribution in [0.2, 0.25) is 0 Å². The lowest BCUT2D eigenvalue weighted by molar-refractivity contribution is -0.115. The van der Waals surface area contributed by atoms with E-state index in [4.69, 9.17) is 4.52 Å². The van der Waals surface area contributed by atoms with Crippen molar-refractivity contribution in [1.82, 2.24) is 15.1 Å². The summed E-state index contributed by atoms with van der Waals surface area (Å²) in [4.78, 5) is 22.1. The number of aryl methyl sites for hydroxylation is 1. The molecule has 0 saturated carbocycles. The van der Waals surface area contributed by atoms with Crippen LogP contribution in [-0.4, -0.2) is 26.3 Å². The Labute approximate surface area is 168 Å². The Morgan fingerprint density at radius 3 is 2.75 bits per heavy atom. The van der Waals surface area contributed by atoms with Crippen LogP contribution in [0.25, 0.3) is 20.7 Å². The van der Waals surface area contributed by atoms with Gasteiger partial charge in [-0.1, -0.05) is 29.1 Å². The molecule has 0 fully saturated rings. The number of nitrogens with zero attached hydrogens (tertiary/aromatic N) is 3. The topological polar surface area (TPSA) is 80.9 Å². The van der Waals surface area contributed by atoms with Gasteiger partial charge in [0.1, 0.15) is 22.9 Å². The lowest BCUT2D eigenvalue weighted by Gasteiger charge is -2.09. The molecule has 3 aromatic heterocycles. The van der Waals surface area contributed by atoms with Crippen molar-refractivity contribution in [3.8, 4) is 10.4 Å². The Kier molecular flexibility index (Phi) is 5.10. The fourth-order valence-corrected chi connectivity index (χ4v) is 4.64. The smallest absolute Gasteiger partial charge is 0.238 e. The molecule has 0 radical (unpaired) electrons. The van der Waals surface area contributed by atoms with Crippen molar-refractivity contribution in [2.24, 2.45) is 0 Å². The van der Waals surface area contributed by atoms with Crippen molar-refractivity contribution in [2.45, 2.75) is 24.1 Å². The molecular weight excluding hydrogens is 399 g/mol. The highest BCUT2D eigenvalue weighted by atomic mass is 32.2. The van der Waals surface area contributed by atoms with Gasteiger partial charge in [-0.15, -0.1) is 11.3 Å². The predicted octanol–water partition coefficient (Wildman–Crippen LogP) is 4.91. The maximum absolute atomic E-state index is 13.2. The standard InChI is InChI=1S/C19H15FN4O2S2/c1-10-7-16(24-26-10)23-18(25)11(2)27-19-17-14(21-9-22-19)8-15(28-17)12-3-5-13(20)6-4-12/h3-9,11H,1-2H3,(H,23,24,25)/t11-/m0/s1. The number of fused-ring (bicyclic) bond motifs is 1. The summed E-state index contributed by atoms with van der Waals surface area (Å²) in [5, 5.41) is 6.83. The second-order valence-electron chi connectivity index (χ2n) is 6.08. The van der Waals surface area contributed by atoms with Crippen LogP contribution < -0.4 is 5.32 Å². The highest BCUT2D eigenvalue weighted by Gasteiger charge is 2.19. The van der Waals surface area contributed by atoms with E-state index >= 15 is 0 Å². The third kappa shape index (κ3) is 3.90. The number of carbonyl (C=O) groups is 1. The molecule has 1 atom stereocenters. The highest BCUT2D eigenvalue weighted by Crippen LogP contribution is 2.38. The minimum atomic E-state index is -0.397. The zero-order chi connectivity index (χ0) is 19.7. The summed E-state index contributed by atoms with van der Waals surface area (Å²) in [5.41, 5.74) is 1.70. The van der Waals surface area contributed by atoms with Crippen molar-refractivity contribution in [2.75, 3.05) is 5.32 Å². The Morgan fingerprint density at radius 2 is 2.04 bits per heavy atom. The van der Waals surface area contributed by atoms with Gasteiger partial charge >= 0.3 is 0 Å². The van der Waals surface area contributed by atoms with Crippen molar-refractivity contribution in [3.63, 3.8) is 0 Å². The van der Waals surface area contributed by atoms with Crippen molar-refractivity contribution >= 4 is 45.0 Å². The maximum Gasteiger partial charge on any atom is 0.238 e. The van der Waals surface area contributed by atoms with Gasteiger partial charge < -0.3 is 9.84 Å². The third-order valence-corrected chi connectivity index (χ3v) is 6.35. The van der Waals surface area contributed by atoms with E-state index in [0.717, 1.165) is 25.7 Å². The van der Waals surface area contributed by atoms with E-state index in [1.54, 1.807) is 32.0 Å². The minimum Gasteiger partial charge on any atom is -0.360 e. The van der Waals surface area contributed by atoms with Crippen molar-refractivity contribution < 1.29 is 13.7 Å². The van der Waals surface area contributed by atoms with Gasteiger partial charge in [-0.05, 0) is 37.6 Å². The SMILES string of the molecule is Cc1cc(NC(=O)[C@H](C)Sc2ncnc3cc(-c4ccc(F)cc4)sc23)no1. The van der Waals surface area contributed by atoms with Crippen LogP contribution in [0.3, 0.4) is 0 Å². The van der Waals surface area contributed by atoms with Gasteiger partial charge in [0.2, 0.25) is 5.91 Å². The molecule has 6 nitrogen and oxygen atoms in total. The molecule has 142 valence electrons. The van der Waals surface area contributed by atoms with Crippen LogP contribution in [0.1, 0.15) is 12.7 Å². The fourth-order valence-electron chi connectivity index (χ4n) is 2.55. The van der Waals surface area contributed by atoms with Crippen LogP contribution >= 0.6 is 23.1 Å². The normalized spacial score (nSPS) is 12.2. The number of rotatable bonds is 5. The van der Waals surface area contributed by atoms with E-state index in [1.165, 1.54) is 41.6 Å².